The Bertz CT molecular complexity index is 928. The number of carbonyl (C=O) groups is 2. The Kier molecular flexibility index (Phi) is 5.18. The lowest BCUT2D eigenvalue weighted by atomic mass is 10.2. The number of rotatable bonds is 5. The van der Waals surface area contributed by atoms with Crippen LogP contribution in [0.4, 0.5) is 0 Å². The number of carbonyl (C=O) groups excluding carboxylic acids is 2. The molecular formula is C20H20N4O4. The Morgan fingerprint density at radius 2 is 1.68 bits per heavy atom. The van der Waals surface area contributed by atoms with Gasteiger partial charge in [0.05, 0.1) is 6.26 Å². The van der Waals surface area contributed by atoms with Gasteiger partial charge in [0, 0.05) is 44.6 Å². The summed E-state index contributed by atoms with van der Waals surface area (Å²) in [6.07, 6.45) is 2.17. The first-order chi connectivity index (χ1) is 13.7. The van der Waals surface area contributed by atoms with Crippen LogP contribution in [-0.2, 0) is 11.2 Å². The number of aryl methyl sites for hydroxylation is 1. The number of benzene rings is 1. The Balaban J connectivity index is 1.26. The van der Waals surface area contributed by atoms with E-state index in [4.69, 9.17) is 8.83 Å². The molecule has 0 bridgehead atoms. The molecule has 0 saturated carbocycles. The van der Waals surface area contributed by atoms with Crippen LogP contribution in [0.25, 0.3) is 11.5 Å². The van der Waals surface area contributed by atoms with Crippen molar-refractivity contribution in [3.05, 3.63) is 60.4 Å². The van der Waals surface area contributed by atoms with Crippen LogP contribution >= 0.6 is 0 Å². The van der Waals surface area contributed by atoms with Crippen LogP contribution in [0.5, 0.6) is 0 Å². The van der Waals surface area contributed by atoms with Crippen molar-refractivity contribution in [2.45, 2.75) is 12.8 Å². The fraction of sp³-hybridized carbons (Fsp3) is 0.300. The van der Waals surface area contributed by atoms with Crippen LogP contribution in [0.1, 0.15) is 22.9 Å². The molecule has 28 heavy (non-hydrogen) atoms. The van der Waals surface area contributed by atoms with Gasteiger partial charge in [0.1, 0.15) is 0 Å². The van der Waals surface area contributed by atoms with Crippen LogP contribution in [0.3, 0.4) is 0 Å². The molecule has 0 radical (unpaired) electrons. The monoisotopic (exact) mass is 380 g/mol. The lowest BCUT2D eigenvalue weighted by Gasteiger charge is -2.34. The van der Waals surface area contributed by atoms with Gasteiger partial charge in [-0.25, -0.2) is 0 Å². The van der Waals surface area contributed by atoms with Crippen molar-refractivity contribution in [1.29, 1.82) is 0 Å². The van der Waals surface area contributed by atoms with Crippen LogP contribution in [0.2, 0.25) is 0 Å². The van der Waals surface area contributed by atoms with Gasteiger partial charge in [0.2, 0.25) is 17.7 Å². The molecule has 1 fully saturated rings. The highest BCUT2D eigenvalue weighted by Crippen LogP contribution is 2.18. The molecule has 0 atom stereocenters. The van der Waals surface area contributed by atoms with Gasteiger partial charge in [0.15, 0.2) is 5.76 Å². The minimum Gasteiger partial charge on any atom is -0.459 e. The third kappa shape index (κ3) is 3.95. The SMILES string of the molecule is O=C(CCc1nnc(-c2ccccc2)o1)N1CCN(C(=O)c2ccco2)CC1. The number of nitrogens with zero attached hydrogens (tertiary/aromatic N) is 4. The summed E-state index contributed by atoms with van der Waals surface area (Å²) in [5.74, 6) is 1.10. The predicted octanol–water partition coefficient (Wildman–Crippen LogP) is 2.25. The van der Waals surface area contributed by atoms with Gasteiger partial charge in [-0.1, -0.05) is 18.2 Å². The molecule has 0 N–H and O–H groups in total. The van der Waals surface area contributed by atoms with E-state index in [2.05, 4.69) is 10.2 Å². The zero-order valence-electron chi connectivity index (χ0n) is 15.3. The average Bonchev–Trinajstić information content (AvgIpc) is 3.44. The topological polar surface area (TPSA) is 92.7 Å². The van der Waals surface area contributed by atoms with E-state index < -0.39 is 0 Å². The number of amides is 2. The lowest BCUT2D eigenvalue weighted by Crippen LogP contribution is -2.50. The van der Waals surface area contributed by atoms with Gasteiger partial charge in [-0.05, 0) is 24.3 Å². The number of piperazine rings is 1. The highest BCUT2D eigenvalue weighted by atomic mass is 16.4. The van der Waals surface area contributed by atoms with Crippen molar-refractivity contribution in [3.63, 3.8) is 0 Å². The van der Waals surface area contributed by atoms with E-state index in [1.807, 2.05) is 30.3 Å². The molecule has 2 aromatic heterocycles. The van der Waals surface area contributed by atoms with Gasteiger partial charge in [-0.15, -0.1) is 10.2 Å². The zero-order valence-corrected chi connectivity index (χ0v) is 15.3. The summed E-state index contributed by atoms with van der Waals surface area (Å²) >= 11 is 0. The second-order valence-electron chi connectivity index (χ2n) is 6.52. The molecule has 8 nitrogen and oxygen atoms in total. The predicted molar refractivity (Wildman–Crippen MR) is 99.2 cm³/mol. The van der Waals surface area contributed by atoms with E-state index in [0.29, 0.717) is 56.6 Å². The zero-order chi connectivity index (χ0) is 19.3. The summed E-state index contributed by atoms with van der Waals surface area (Å²) in [4.78, 5) is 28.2. The Morgan fingerprint density at radius 1 is 0.929 bits per heavy atom. The van der Waals surface area contributed by atoms with Gasteiger partial charge >= 0.3 is 0 Å². The Labute approximate surface area is 161 Å². The normalized spacial score (nSPS) is 14.3. The number of hydrogen-bond acceptors (Lipinski definition) is 6. The summed E-state index contributed by atoms with van der Waals surface area (Å²) in [7, 11) is 0. The Hall–Kier alpha value is -3.42. The van der Waals surface area contributed by atoms with E-state index in [1.54, 1.807) is 21.9 Å². The molecular weight excluding hydrogens is 360 g/mol. The maximum Gasteiger partial charge on any atom is 0.289 e. The molecule has 144 valence electrons. The third-order valence-corrected chi connectivity index (χ3v) is 4.69. The minimum atomic E-state index is -0.142. The van der Waals surface area contributed by atoms with Crippen LogP contribution in [0, 0.1) is 0 Å². The van der Waals surface area contributed by atoms with Crippen molar-refractivity contribution in [3.8, 4) is 11.5 Å². The number of hydrogen-bond donors (Lipinski definition) is 0. The molecule has 8 heteroatoms. The molecule has 1 aliphatic rings. The van der Waals surface area contributed by atoms with Crippen LogP contribution in [-0.4, -0.2) is 58.0 Å². The van der Waals surface area contributed by atoms with E-state index in [0.717, 1.165) is 5.56 Å². The molecule has 1 saturated heterocycles. The highest BCUT2D eigenvalue weighted by Gasteiger charge is 2.26. The molecule has 3 aromatic rings. The maximum atomic E-state index is 12.5. The quantitative estimate of drug-likeness (QED) is 0.674. The molecule has 3 heterocycles. The summed E-state index contributed by atoms with van der Waals surface area (Å²) in [6, 6.07) is 12.8. The number of furan rings is 1. The van der Waals surface area contributed by atoms with E-state index in [9.17, 15) is 9.59 Å². The van der Waals surface area contributed by atoms with E-state index >= 15 is 0 Å². The summed E-state index contributed by atoms with van der Waals surface area (Å²) in [5, 5.41) is 8.06. The lowest BCUT2D eigenvalue weighted by molar-refractivity contribution is -0.132. The summed E-state index contributed by atoms with van der Waals surface area (Å²) in [5.41, 5.74) is 0.852. The van der Waals surface area contributed by atoms with Crippen molar-refractivity contribution < 1.29 is 18.4 Å². The first kappa shape index (κ1) is 18.0. The van der Waals surface area contributed by atoms with E-state index in [-0.39, 0.29) is 11.8 Å². The van der Waals surface area contributed by atoms with Crippen molar-refractivity contribution in [2.24, 2.45) is 0 Å². The summed E-state index contributed by atoms with van der Waals surface area (Å²) in [6.45, 7) is 1.99. The van der Waals surface area contributed by atoms with Crippen molar-refractivity contribution in [2.75, 3.05) is 26.2 Å². The standard InChI is InChI=1S/C20H20N4O4/c25-18(9-8-17-21-22-19(28-17)15-5-2-1-3-6-15)23-10-12-24(13-11-23)20(26)16-7-4-14-27-16/h1-7,14H,8-13H2. The molecule has 0 unspecified atom stereocenters. The second kappa shape index (κ2) is 8.08. The highest BCUT2D eigenvalue weighted by molar-refractivity contribution is 5.91. The molecule has 1 aliphatic heterocycles. The smallest absolute Gasteiger partial charge is 0.289 e. The van der Waals surface area contributed by atoms with Crippen molar-refractivity contribution >= 4 is 11.8 Å². The molecule has 2 amide bonds. The second-order valence-corrected chi connectivity index (χ2v) is 6.52. The third-order valence-electron chi connectivity index (χ3n) is 4.69. The maximum absolute atomic E-state index is 12.5. The van der Waals surface area contributed by atoms with Gasteiger partial charge < -0.3 is 18.6 Å². The first-order valence-corrected chi connectivity index (χ1v) is 9.19. The largest absolute Gasteiger partial charge is 0.459 e. The van der Waals surface area contributed by atoms with Crippen molar-refractivity contribution in [1.82, 2.24) is 20.0 Å². The fourth-order valence-electron chi connectivity index (χ4n) is 3.14. The van der Waals surface area contributed by atoms with E-state index in [1.165, 1.54) is 6.26 Å². The minimum absolute atomic E-state index is 0.0181. The fourth-order valence-corrected chi connectivity index (χ4v) is 3.14. The molecule has 4 rings (SSSR count). The Morgan fingerprint density at radius 3 is 2.39 bits per heavy atom. The van der Waals surface area contributed by atoms with Gasteiger partial charge in [0.25, 0.3) is 5.91 Å². The summed E-state index contributed by atoms with van der Waals surface area (Å²) < 4.78 is 10.8. The molecule has 1 aromatic carbocycles. The number of aromatic nitrogens is 2. The van der Waals surface area contributed by atoms with Crippen LogP contribution in [0.15, 0.2) is 57.6 Å². The molecule has 0 spiro atoms. The first-order valence-electron chi connectivity index (χ1n) is 9.19. The van der Waals surface area contributed by atoms with Gasteiger partial charge in [-0.2, -0.15) is 0 Å². The van der Waals surface area contributed by atoms with Crippen LogP contribution < -0.4 is 0 Å². The molecule has 0 aliphatic carbocycles. The average molecular weight is 380 g/mol. The van der Waals surface area contributed by atoms with Gasteiger partial charge in [-0.3, -0.25) is 9.59 Å².